The molecule has 4 nitrogen and oxygen atoms in total. The molecule has 0 aromatic carbocycles. The van der Waals surface area contributed by atoms with E-state index in [9.17, 15) is 0 Å². The molecule has 0 radical (unpaired) electrons. The second kappa shape index (κ2) is 6.48. The zero-order valence-corrected chi connectivity index (χ0v) is 10.9. The number of nitriles is 1. The highest BCUT2D eigenvalue weighted by atomic mass is 15.1. The summed E-state index contributed by atoms with van der Waals surface area (Å²) in [5.41, 5.74) is 1.62. The lowest BCUT2D eigenvalue weighted by Gasteiger charge is -2.29. The molecule has 1 fully saturated rings. The van der Waals surface area contributed by atoms with Crippen LogP contribution in [-0.4, -0.2) is 36.6 Å². The van der Waals surface area contributed by atoms with E-state index in [1.807, 2.05) is 12.1 Å². The quantitative estimate of drug-likeness (QED) is 0.869. The molecule has 1 aromatic heterocycles. The summed E-state index contributed by atoms with van der Waals surface area (Å²) < 4.78 is 0. The molecule has 2 heterocycles. The number of hydrogen-bond donors (Lipinski definition) is 1. The SMILES string of the molecule is CN1CCCC(CNCc2ccnc(C#N)c2)C1. The lowest BCUT2D eigenvalue weighted by atomic mass is 9.98. The molecule has 1 aliphatic heterocycles. The van der Waals surface area contributed by atoms with Crippen molar-refractivity contribution in [2.75, 3.05) is 26.7 Å². The Bertz CT molecular complexity index is 424. The van der Waals surface area contributed by atoms with E-state index in [-0.39, 0.29) is 0 Å². The van der Waals surface area contributed by atoms with Crippen molar-refractivity contribution in [1.82, 2.24) is 15.2 Å². The Morgan fingerprint density at radius 1 is 1.61 bits per heavy atom. The summed E-state index contributed by atoms with van der Waals surface area (Å²) in [7, 11) is 2.19. The highest BCUT2D eigenvalue weighted by Crippen LogP contribution is 2.14. The minimum atomic E-state index is 0.492. The van der Waals surface area contributed by atoms with Gasteiger partial charge in [0.15, 0.2) is 0 Å². The molecule has 1 unspecified atom stereocenters. The Labute approximate surface area is 109 Å². The third kappa shape index (κ3) is 3.80. The number of rotatable bonds is 4. The van der Waals surface area contributed by atoms with E-state index in [1.165, 1.54) is 25.9 Å². The lowest BCUT2D eigenvalue weighted by molar-refractivity contribution is 0.206. The molecule has 0 saturated carbocycles. The maximum atomic E-state index is 8.78. The Hall–Kier alpha value is -1.44. The van der Waals surface area contributed by atoms with Crippen LogP contribution in [0.5, 0.6) is 0 Å². The van der Waals surface area contributed by atoms with Gasteiger partial charge in [-0.25, -0.2) is 4.98 Å². The first kappa shape index (κ1) is 13.0. The first-order valence-corrected chi connectivity index (χ1v) is 6.52. The monoisotopic (exact) mass is 244 g/mol. The van der Waals surface area contributed by atoms with Crippen LogP contribution < -0.4 is 5.32 Å². The summed E-state index contributed by atoms with van der Waals surface area (Å²) in [6.45, 7) is 4.28. The van der Waals surface area contributed by atoms with Crippen molar-refractivity contribution in [3.8, 4) is 6.07 Å². The molecule has 4 heteroatoms. The fourth-order valence-electron chi connectivity index (χ4n) is 2.51. The molecule has 0 amide bonds. The van der Waals surface area contributed by atoms with Gasteiger partial charge in [-0.3, -0.25) is 0 Å². The zero-order valence-electron chi connectivity index (χ0n) is 10.9. The van der Waals surface area contributed by atoms with Crippen LogP contribution in [0.4, 0.5) is 0 Å². The topological polar surface area (TPSA) is 52.0 Å². The highest BCUT2D eigenvalue weighted by Gasteiger charge is 2.16. The third-order valence-corrected chi connectivity index (χ3v) is 3.42. The maximum Gasteiger partial charge on any atom is 0.140 e. The van der Waals surface area contributed by atoms with Crippen LogP contribution in [0.3, 0.4) is 0 Å². The maximum absolute atomic E-state index is 8.78. The molecule has 1 saturated heterocycles. The van der Waals surface area contributed by atoms with Crippen molar-refractivity contribution >= 4 is 0 Å². The van der Waals surface area contributed by atoms with E-state index >= 15 is 0 Å². The first-order chi connectivity index (χ1) is 8.78. The second-order valence-corrected chi connectivity index (χ2v) is 5.06. The predicted octanol–water partition coefficient (Wildman–Crippen LogP) is 1.38. The van der Waals surface area contributed by atoms with Gasteiger partial charge in [0.1, 0.15) is 11.8 Å². The van der Waals surface area contributed by atoms with E-state index in [0.717, 1.165) is 24.6 Å². The zero-order chi connectivity index (χ0) is 12.8. The molecule has 0 bridgehead atoms. The first-order valence-electron chi connectivity index (χ1n) is 6.52. The standard InChI is InChI=1S/C14H20N4/c1-18-6-2-3-13(11-18)10-16-9-12-4-5-17-14(7-12)8-15/h4-5,7,13,16H,2-3,6,9-11H2,1H3. The summed E-state index contributed by atoms with van der Waals surface area (Å²) in [6.07, 6.45) is 4.32. The number of hydrogen-bond acceptors (Lipinski definition) is 4. The van der Waals surface area contributed by atoms with E-state index in [4.69, 9.17) is 5.26 Å². The molecule has 1 aromatic rings. The van der Waals surface area contributed by atoms with Crippen molar-refractivity contribution in [2.24, 2.45) is 5.92 Å². The Balaban J connectivity index is 1.76. The van der Waals surface area contributed by atoms with Gasteiger partial charge in [-0.15, -0.1) is 0 Å². The Morgan fingerprint density at radius 3 is 3.28 bits per heavy atom. The molecular weight excluding hydrogens is 224 g/mol. The second-order valence-electron chi connectivity index (χ2n) is 5.06. The summed E-state index contributed by atoms with van der Waals surface area (Å²) in [4.78, 5) is 6.37. The molecule has 0 aliphatic carbocycles. The summed E-state index contributed by atoms with van der Waals surface area (Å²) in [5, 5.41) is 12.3. The number of aromatic nitrogens is 1. The van der Waals surface area contributed by atoms with Gasteiger partial charge in [0, 0.05) is 19.3 Å². The summed E-state index contributed by atoms with van der Waals surface area (Å²) in [6, 6.07) is 5.87. The molecule has 1 N–H and O–H groups in total. The molecule has 1 aliphatic rings. The van der Waals surface area contributed by atoms with Crippen LogP contribution in [-0.2, 0) is 6.54 Å². The van der Waals surface area contributed by atoms with Crippen LogP contribution in [0, 0.1) is 17.2 Å². The number of piperidine rings is 1. The van der Waals surface area contributed by atoms with E-state index in [1.54, 1.807) is 6.20 Å². The summed E-state index contributed by atoms with van der Waals surface area (Å²) in [5.74, 6) is 0.751. The van der Waals surface area contributed by atoms with Gasteiger partial charge >= 0.3 is 0 Å². The molecule has 18 heavy (non-hydrogen) atoms. The molecule has 0 spiro atoms. The van der Waals surface area contributed by atoms with E-state index in [0.29, 0.717) is 5.69 Å². The van der Waals surface area contributed by atoms with Crippen molar-refractivity contribution in [3.63, 3.8) is 0 Å². The highest BCUT2D eigenvalue weighted by molar-refractivity contribution is 5.25. The number of likely N-dealkylation sites (tertiary alicyclic amines) is 1. The van der Waals surface area contributed by atoms with Crippen molar-refractivity contribution in [1.29, 1.82) is 5.26 Å². The number of pyridine rings is 1. The van der Waals surface area contributed by atoms with Crippen LogP contribution in [0.25, 0.3) is 0 Å². The van der Waals surface area contributed by atoms with Crippen LogP contribution in [0.15, 0.2) is 18.3 Å². The minimum Gasteiger partial charge on any atom is -0.312 e. The lowest BCUT2D eigenvalue weighted by Crippen LogP contribution is -2.37. The van der Waals surface area contributed by atoms with Crippen molar-refractivity contribution < 1.29 is 0 Å². The summed E-state index contributed by atoms with van der Waals surface area (Å²) >= 11 is 0. The molecular formula is C14H20N4. The Morgan fingerprint density at radius 2 is 2.50 bits per heavy atom. The normalized spacial score (nSPS) is 20.6. The van der Waals surface area contributed by atoms with Crippen molar-refractivity contribution in [3.05, 3.63) is 29.6 Å². The molecule has 2 rings (SSSR count). The smallest absolute Gasteiger partial charge is 0.140 e. The van der Waals surface area contributed by atoms with Crippen LogP contribution in [0.2, 0.25) is 0 Å². The van der Waals surface area contributed by atoms with Gasteiger partial charge in [-0.1, -0.05) is 0 Å². The van der Waals surface area contributed by atoms with Gasteiger partial charge < -0.3 is 10.2 Å². The average molecular weight is 244 g/mol. The number of nitrogens with zero attached hydrogens (tertiary/aromatic N) is 3. The fraction of sp³-hybridized carbons (Fsp3) is 0.571. The molecule has 96 valence electrons. The third-order valence-electron chi connectivity index (χ3n) is 3.42. The van der Waals surface area contributed by atoms with Gasteiger partial charge in [0.2, 0.25) is 0 Å². The predicted molar refractivity (Wildman–Crippen MR) is 70.9 cm³/mol. The van der Waals surface area contributed by atoms with E-state index < -0.39 is 0 Å². The largest absolute Gasteiger partial charge is 0.312 e. The van der Waals surface area contributed by atoms with Crippen LogP contribution >= 0.6 is 0 Å². The van der Waals surface area contributed by atoms with Gasteiger partial charge in [-0.2, -0.15) is 5.26 Å². The van der Waals surface area contributed by atoms with Crippen LogP contribution in [0.1, 0.15) is 24.1 Å². The number of nitrogens with one attached hydrogen (secondary N) is 1. The minimum absolute atomic E-state index is 0.492. The Kier molecular flexibility index (Phi) is 4.68. The fourth-order valence-corrected chi connectivity index (χ4v) is 2.51. The van der Waals surface area contributed by atoms with Gasteiger partial charge in [0.05, 0.1) is 0 Å². The molecule has 1 atom stereocenters. The van der Waals surface area contributed by atoms with E-state index in [2.05, 4.69) is 28.3 Å². The average Bonchev–Trinajstić information content (AvgIpc) is 2.39. The van der Waals surface area contributed by atoms with Gasteiger partial charge in [-0.05, 0) is 56.6 Å². The van der Waals surface area contributed by atoms with Crippen molar-refractivity contribution in [2.45, 2.75) is 19.4 Å². The van der Waals surface area contributed by atoms with Gasteiger partial charge in [0.25, 0.3) is 0 Å².